The third-order valence-corrected chi connectivity index (χ3v) is 6.23. The van der Waals surface area contributed by atoms with Crippen molar-refractivity contribution in [3.05, 3.63) is 65.1 Å². The molecular weight excluding hydrogens is 362 g/mol. The van der Waals surface area contributed by atoms with E-state index in [0.29, 0.717) is 11.4 Å². The van der Waals surface area contributed by atoms with Crippen LogP contribution >= 0.6 is 11.8 Å². The van der Waals surface area contributed by atoms with E-state index < -0.39 is 10.5 Å². The summed E-state index contributed by atoms with van der Waals surface area (Å²) in [4.78, 5) is 27.8. The first-order valence-electron chi connectivity index (χ1n) is 8.87. The van der Waals surface area contributed by atoms with Crippen LogP contribution in [-0.4, -0.2) is 20.8 Å². The summed E-state index contributed by atoms with van der Waals surface area (Å²) in [6.07, 6.45) is 3.87. The Morgan fingerprint density at radius 2 is 1.78 bits per heavy atom. The molecule has 2 aromatic carbocycles. The van der Waals surface area contributed by atoms with Crippen LogP contribution in [0.5, 0.6) is 0 Å². The number of carbonyl (C=O) groups is 1. The van der Waals surface area contributed by atoms with Crippen molar-refractivity contribution in [2.24, 2.45) is 0 Å². The molecule has 0 aliphatic heterocycles. The van der Waals surface area contributed by atoms with E-state index in [1.807, 2.05) is 30.3 Å². The molecule has 2 N–H and O–H groups in total. The maximum absolute atomic E-state index is 13.1. The van der Waals surface area contributed by atoms with Gasteiger partial charge in [-0.1, -0.05) is 36.2 Å². The Bertz CT molecular complexity index is 973. The van der Waals surface area contributed by atoms with E-state index in [1.165, 1.54) is 0 Å². The predicted octanol–water partition coefficient (Wildman–Crippen LogP) is 4.07. The predicted molar refractivity (Wildman–Crippen MR) is 105 cm³/mol. The summed E-state index contributed by atoms with van der Waals surface area (Å²) in [6.45, 7) is 0. The second-order valence-electron chi connectivity index (χ2n) is 6.59. The molecule has 1 amide bonds. The minimum atomic E-state index is -0.594. The van der Waals surface area contributed by atoms with Crippen LogP contribution in [0, 0.1) is 0 Å². The standard InChI is InChI=1S/C20H19N3O3S/c24-18(20(12-4-5-13-20)27-16-6-2-1-3-7-16)21-15-10-8-14(9-11-15)17-22-19(25)26-23-17/h1-3,6-11H,4-5,12-13H2,(H,21,24)(H,22,23,25). The third kappa shape index (κ3) is 3.83. The Morgan fingerprint density at radius 1 is 1.07 bits per heavy atom. The molecule has 3 aromatic rings. The molecule has 0 unspecified atom stereocenters. The second-order valence-corrected chi connectivity index (χ2v) is 8.05. The highest BCUT2D eigenvalue weighted by Gasteiger charge is 2.42. The third-order valence-electron chi connectivity index (χ3n) is 4.74. The van der Waals surface area contributed by atoms with E-state index in [0.717, 1.165) is 36.3 Å². The van der Waals surface area contributed by atoms with Crippen molar-refractivity contribution in [1.82, 2.24) is 10.1 Å². The highest BCUT2D eigenvalue weighted by molar-refractivity contribution is 8.01. The maximum Gasteiger partial charge on any atom is 0.439 e. The number of amides is 1. The summed E-state index contributed by atoms with van der Waals surface area (Å²) in [5.41, 5.74) is 1.43. The fraction of sp³-hybridized carbons (Fsp3) is 0.250. The number of hydrogen-bond acceptors (Lipinski definition) is 5. The number of benzene rings is 2. The fourth-order valence-corrected chi connectivity index (χ4v) is 4.73. The van der Waals surface area contributed by atoms with Crippen LogP contribution in [0.15, 0.2) is 68.8 Å². The molecular formula is C20H19N3O3S. The van der Waals surface area contributed by atoms with Gasteiger partial charge in [0.15, 0.2) is 5.82 Å². The van der Waals surface area contributed by atoms with Gasteiger partial charge in [-0.25, -0.2) is 4.79 Å². The minimum absolute atomic E-state index is 0.0384. The first kappa shape index (κ1) is 17.6. The van der Waals surface area contributed by atoms with Crippen LogP contribution in [-0.2, 0) is 4.79 Å². The number of anilines is 1. The molecule has 1 aliphatic rings. The molecule has 0 spiro atoms. The molecule has 0 bridgehead atoms. The molecule has 6 nitrogen and oxygen atoms in total. The molecule has 0 atom stereocenters. The molecule has 27 heavy (non-hydrogen) atoms. The number of nitrogens with zero attached hydrogens (tertiary/aromatic N) is 1. The number of hydrogen-bond donors (Lipinski definition) is 2. The first-order chi connectivity index (χ1) is 13.1. The van der Waals surface area contributed by atoms with Gasteiger partial charge in [0.25, 0.3) is 0 Å². The second kappa shape index (κ2) is 7.44. The lowest BCUT2D eigenvalue weighted by Crippen LogP contribution is -2.37. The van der Waals surface area contributed by atoms with Crippen LogP contribution in [0.1, 0.15) is 25.7 Å². The van der Waals surface area contributed by atoms with Crippen LogP contribution in [0.3, 0.4) is 0 Å². The van der Waals surface area contributed by atoms with E-state index in [9.17, 15) is 9.59 Å². The van der Waals surface area contributed by atoms with Gasteiger partial charge >= 0.3 is 5.76 Å². The number of aromatic nitrogens is 2. The van der Waals surface area contributed by atoms with Crippen molar-refractivity contribution in [2.75, 3.05) is 5.32 Å². The van der Waals surface area contributed by atoms with Crippen molar-refractivity contribution < 1.29 is 9.32 Å². The van der Waals surface area contributed by atoms with Crippen molar-refractivity contribution >= 4 is 23.4 Å². The Kier molecular flexibility index (Phi) is 4.85. The van der Waals surface area contributed by atoms with Gasteiger partial charge in [-0.05, 0) is 49.2 Å². The average Bonchev–Trinajstić information content (AvgIpc) is 3.33. The van der Waals surface area contributed by atoms with Crippen LogP contribution in [0.2, 0.25) is 0 Å². The van der Waals surface area contributed by atoms with Gasteiger partial charge in [-0.15, -0.1) is 11.8 Å². The topological polar surface area (TPSA) is 88.0 Å². The number of nitrogens with one attached hydrogen (secondary N) is 2. The summed E-state index contributed by atoms with van der Waals surface area (Å²) >= 11 is 1.65. The van der Waals surface area contributed by atoms with E-state index in [2.05, 4.69) is 20.0 Å². The molecule has 1 aliphatic carbocycles. The number of rotatable bonds is 5. The van der Waals surface area contributed by atoms with Gasteiger partial charge in [0.2, 0.25) is 5.91 Å². The van der Waals surface area contributed by atoms with Gasteiger partial charge in [0, 0.05) is 16.1 Å². The van der Waals surface area contributed by atoms with Crippen molar-refractivity contribution in [3.8, 4) is 11.4 Å². The molecule has 7 heteroatoms. The molecule has 1 saturated carbocycles. The van der Waals surface area contributed by atoms with Gasteiger partial charge in [0.1, 0.15) is 0 Å². The zero-order valence-electron chi connectivity index (χ0n) is 14.6. The Balaban J connectivity index is 1.50. The van der Waals surface area contributed by atoms with Crippen LogP contribution in [0.4, 0.5) is 5.69 Å². The van der Waals surface area contributed by atoms with Crippen molar-refractivity contribution in [1.29, 1.82) is 0 Å². The molecule has 0 radical (unpaired) electrons. The smallest absolute Gasteiger partial charge is 0.325 e. The number of carbonyl (C=O) groups excluding carboxylic acids is 1. The number of thioether (sulfide) groups is 1. The van der Waals surface area contributed by atoms with Gasteiger partial charge < -0.3 is 5.32 Å². The average molecular weight is 381 g/mol. The Labute approximate surface area is 160 Å². The highest BCUT2D eigenvalue weighted by Crippen LogP contribution is 2.46. The zero-order chi connectivity index (χ0) is 18.7. The monoisotopic (exact) mass is 381 g/mol. The first-order valence-corrected chi connectivity index (χ1v) is 9.68. The van der Waals surface area contributed by atoms with Crippen LogP contribution < -0.4 is 11.1 Å². The van der Waals surface area contributed by atoms with Crippen molar-refractivity contribution in [2.45, 2.75) is 35.3 Å². The molecule has 4 rings (SSSR count). The maximum atomic E-state index is 13.1. The Morgan fingerprint density at radius 3 is 2.41 bits per heavy atom. The SMILES string of the molecule is O=C(Nc1ccc(-c2noc(=O)[nH]2)cc1)C1(Sc2ccccc2)CCCC1. The summed E-state index contributed by atoms with van der Waals surface area (Å²) in [5.74, 6) is -0.190. The summed E-state index contributed by atoms with van der Waals surface area (Å²) in [7, 11) is 0. The van der Waals surface area contributed by atoms with Gasteiger partial charge in [0.05, 0.1) is 4.75 Å². The fourth-order valence-electron chi connectivity index (χ4n) is 3.35. The van der Waals surface area contributed by atoms with Crippen molar-refractivity contribution in [3.63, 3.8) is 0 Å². The normalized spacial score (nSPS) is 15.6. The quantitative estimate of drug-likeness (QED) is 0.695. The molecule has 1 aromatic heterocycles. The van der Waals surface area contributed by atoms with E-state index in [1.54, 1.807) is 36.0 Å². The van der Waals surface area contributed by atoms with E-state index >= 15 is 0 Å². The minimum Gasteiger partial charge on any atom is -0.325 e. The molecule has 0 saturated heterocycles. The lowest BCUT2D eigenvalue weighted by Gasteiger charge is -2.27. The molecule has 1 heterocycles. The van der Waals surface area contributed by atoms with Gasteiger partial charge in [-0.2, -0.15) is 0 Å². The largest absolute Gasteiger partial charge is 0.439 e. The summed E-state index contributed by atoms with van der Waals surface area (Å²) < 4.78 is 4.08. The lowest BCUT2D eigenvalue weighted by molar-refractivity contribution is -0.118. The zero-order valence-corrected chi connectivity index (χ0v) is 15.4. The highest BCUT2D eigenvalue weighted by atomic mass is 32.2. The van der Waals surface area contributed by atoms with Gasteiger partial charge in [-0.3, -0.25) is 14.3 Å². The van der Waals surface area contributed by atoms with E-state index in [4.69, 9.17) is 0 Å². The lowest BCUT2D eigenvalue weighted by atomic mass is 10.1. The molecule has 138 valence electrons. The number of aromatic amines is 1. The summed E-state index contributed by atoms with van der Waals surface area (Å²) in [6, 6.07) is 17.2. The Hall–Kier alpha value is -2.80. The summed E-state index contributed by atoms with van der Waals surface area (Å²) in [5, 5.41) is 6.72. The van der Waals surface area contributed by atoms with Crippen LogP contribution in [0.25, 0.3) is 11.4 Å². The molecule has 1 fully saturated rings. The van der Waals surface area contributed by atoms with E-state index in [-0.39, 0.29) is 5.91 Å². The number of H-pyrrole nitrogens is 1.